The Hall–Kier alpha value is -3.07. The Labute approximate surface area is 532 Å². The van der Waals surface area contributed by atoms with Gasteiger partial charge in [0.25, 0.3) is 7.82 Å². The molecule has 10 heteroatoms. The van der Waals surface area contributed by atoms with Gasteiger partial charge in [0.15, 0.2) is 0 Å². The number of nitrogens with one attached hydrogen (secondary N) is 1. The van der Waals surface area contributed by atoms with Crippen molar-refractivity contribution in [1.82, 2.24) is 5.32 Å². The summed E-state index contributed by atoms with van der Waals surface area (Å²) >= 11 is 0. The minimum absolute atomic E-state index is 0.0276. The smallest absolute Gasteiger partial charge is 0.306 e. The SMILES string of the molecule is CCCCC/C=C\C/C=C\C/C=C\C/C=C\CCCCCCCCCCCC(=O)OC(/C=C/CCCCCCCCCCCC)C(COP(=O)([O-])OCC[N+](C)(C)C)NC(=O)CCCCCCCCCCCC/C=C\C/C=C\C/C=C\CCCCC. The summed E-state index contributed by atoms with van der Waals surface area (Å²) in [5, 5.41) is 3.04. The van der Waals surface area contributed by atoms with Gasteiger partial charge in [0.1, 0.15) is 19.3 Å². The van der Waals surface area contributed by atoms with Crippen LogP contribution in [0.2, 0.25) is 0 Å². The second kappa shape index (κ2) is 64.9. The number of unbranched alkanes of at least 4 members (excludes halogenated alkanes) is 35. The molecular formula is C76H137N2O7P. The molecule has 1 amide bonds. The maximum atomic E-state index is 13.6. The Morgan fingerprint density at radius 3 is 1.08 bits per heavy atom. The van der Waals surface area contributed by atoms with Gasteiger partial charge in [-0.05, 0) is 115 Å². The largest absolute Gasteiger partial charge is 0.756 e. The van der Waals surface area contributed by atoms with Crippen molar-refractivity contribution < 1.29 is 37.3 Å². The van der Waals surface area contributed by atoms with Crippen LogP contribution < -0.4 is 10.2 Å². The van der Waals surface area contributed by atoms with Crippen molar-refractivity contribution in [1.29, 1.82) is 0 Å². The average molecular weight is 1220 g/mol. The number of ether oxygens (including phenoxy) is 1. The van der Waals surface area contributed by atoms with E-state index in [9.17, 15) is 19.0 Å². The molecule has 0 saturated heterocycles. The molecule has 0 saturated carbocycles. The second-order valence-corrected chi connectivity index (χ2v) is 26.8. The van der Waals surface area contributed by atoms with Crippen LogP contribution in [-0.4, -0.2) is 69.4 Å². The number of rotatable bonds is 65. The lowest BCUT2D eigenvalue weighted by Gasteiger charge is -2.30. The van der Waals surface area contributed by atoms with E-state index in [2.05, 4.69) is 111 Å². The van der Waals surface area contributed by atoms with Gasteiger partial charge in [-0.2, -0.15) is 0 Å². The minimum Gasteiger partial charge on any atom is -0.756 e. The molecule has 0 radical (unpaired) electrons. The lowest BCUT2D eigenvalue weighted by Crippen LogP contribution is -2.47. The molecule has 1 N–H and O–H groups in total. The average Bonchev–Trinajstić information content (AvgIpc) is 3.65. The van der Waals surface area contributed by atoms with Crippen LogP contribution in [0.1, 0.15) is 323 Å². The first-order chi connectivity index (χ1) is 41.9. The second-order valence-electron chi connectivity index (χ2n) is 25.4. The normalized spacial score (nSPS) is 14.1. The number of phosphoric acid groups is 1. The number of phosphoric ester groups is 1. The summed E-state index contributed by atoms with van der Waals surface area (Å²) in [6, 6.07) is -0.899. The number of allylic oxidation sites excluding steroid dienone is 15. The number of likely N-dealkylation sites (N-methyl/N-ethyl adjacent to an activating group) is 1. The number of hydrogen-bond acceptors (Lipinski definition) is 7. The zero-order valence-electron chi connectivity index (χ0n) is 57.0. The van der Waals surface area contributed by atoms with Gasteiger partial charge in [0, 0.05) is 12.8 Å². The first kappa shape index (κ1) is 82.9. The Morgan fingerprint density at radius 2 is 0.709 bits per heavy atom. The van der Waals surface area contributed by atoms with Gasteiger partial charge in [0.05, 0.1) is 33.8 Å². The number of quaternary nitrogens is 1. The number of amides is 1. The monoisotopic (exact) mass is 1220 g/mol. The highest BCUT2D eigenvalue weighted by molar-refractivity contribution is 7.45. The van der Waals surface area contributed by atoms with Crippen molar-refractivity contribution >= 4 is 19.7 Å². The maximum Gasteiger partial charge on any atom is 0.306 e. The lowest BCUT2D eigenvalue weighted by atomic mass is 10.0. The Balaban J connectivity index is 5.09. The summed E-state index contributed by atoms with van der Waals surface area (Å²) in [5.74, 6) is -0.548. The minimum atomic E-state index is -4.71. The molecule has 0 aromatic carbocycles. The van der Waals surface area contributed by atoms with Crippen LogP contribution in [0.15, 0.2) is 97.2 Å². The fourth-order valence-corrected chi connectivity index (χ4v) is 10.9. The molecule has 0 aromatic heterocycles. The molecule has 0 rings (SSSR count). The van der Waals surface area contributed by atoms with Gasteiger partial charge < -0.3 is 28.5 Å². The molecular weight excluding hydrogens is 1080 g/mol. The van der Waals surface area contributed by atoms with Crippen LogP contribution in [0.25, 0.3) is 0 Å². The summed E-state index contributed by atoms with van der Waals surface area (Å²) in [5.41, 5.74) is 0. The topological polar surface area (TPSA) is 114 Å². The Morgan fingerprint density at radius 1 is 0.407 bits per heavy atom. The van der Waals surface area contributed by atoms with Crippen molar-refractivity contribution in [3.63, 3.8) is 0 Å². The number of esters is 1. The molecule has 0 bridgehead atoms. The number of carbonyl (C=O) groups is 2. The molecule has 0 heterocycles. The van der Waals surface area contributed by atoms with Crippen molar-refractivity contribution in [2.24, 2.45) is 0 Å². The van der Waals surface area contributed by atoms with E-state index in [1.165, 1.54) is 173 Å². The molecule has 9 nitrogen and oxygen atoms in total. The third kappa shape index (κ3) is 65.4. The van der Waals surface area contributed by atoms with E-state index in [1.807, 2.05) is 33.3 Å². The predicted molar refractivity (Wildman–Crippen MR) is 371 cm³/mol. The molecule has 0 aliphatic carbocycles. The standard InChI is InChI=1S/C76H137N2O7P/c1-7-10-13-16-19-22-25-28-30-32-34-36-38-39-41-43-45-47-49-51-54-57-60-63-66-69-76(80)85-74(67-64-61-58-55-52-27-24-21-18-15-12-9-3)73(72-84-86(81,82)83-71-70-78(4,5)6)77-75(79)68-65-62-59-56-53-50-48-46-44-42-40-37-35-33-31-29-26-23-20-17-14-11-8-2/h19-20,22-23,28-31,34-37,39,41,64,67,73-74H,7-18,21,24-27,32-33,38,40,42-63,65-66,68-72H2,1-6H3,(H-,77,79,81,82)/b22-19-,23-20-,30-28-,31-29-,36-34-,37-35-,41-39-,67-64+. The Bertz CT molecular complexity index is 1790. The third-order valence-corrected chi connectivity index (χ3v) is 16.7. The van der Waals surface area contributed by atoms with Gasteiger partial charge in [-0.15, -0.1) is 0 Å². The molecule has 0 aromatic rings. The molecule has 498 valence electrons. The van der Waals surface area contributed by atoms with E-state index < -0.39 is 26.6 Å². The van der Waals surface area contributed by atoms with E-state index in [4.69, 9.17) is 13.8 Å². The highest BCUT2D eigenvalue weighted by Crippen LogP contribution is 2.38. The van der Waals surface area contributed by atoms with Crippen LogP contribution in [0.3, 0.4) is 0 Å². The van der Waals surface area contributed by atoms with Crippen molar-refractivity contribution in [2.75, 3.05) is 40.9 Å². The van der Waals surface area contributed by atoms with E-state index in [1.54, 1.807) is 0 Å². The molecule has 86 heavy (non-hydrogen) atoms. The Kier molecular flexibility index (Phi) is 62.6. The molecule has 3 unspecified atom stereocenters. The van der Waals surface area contributed by atoms with Gasteiger partial charge in [-0.3, -0.25) is 14.2 Å². The van der Waals surface area contributed by atoms with Gasteiger partial charge in [-0.1, -0.05) is 292 Å². The van der Waals surface area contributed by atoms with Gasteiger partial charge in [-0.25, -0.2) is 0 Å². The van der Waals surface area contributed by atoms with Crippen LogP contribution in [0.5, 0.6) is 0 Å². The quantitative estimate of drug-likeness (QED) is 0.0212. The van der Waals surface area contributed by atoms with Crippen LogP contribution in [0, 0.1) is 0 Å². The first-order valence-electron chi connectivity index (χ1n) is 36.0. The highest BCUT2D eigenvalue weighted by atomic mass is 31.2. The fourth-order valence-electron chi connectivity index (χ4n) is 10.2. The molecule has 0 aliphatic rings. The maximum absolute atomic E-state index is 13.6. The first-order valence-corrected chi connectivity index (χ1v) is 37.5. The number of nitrogens with zero attached hydrogens (tertiary/aromatic N) is 1. The summed E-state index contributed by atoms with van der Waals surface area (Å²) in [6.07, 6.45) is 88.1. The zero-order valence-corrected chi connectivity index (χ0v) is 57.9. The molecule has 0 fully saturated rings. The van der Waals surface area contributed by atoms with Crippen molar-refractivity contribution in [3.8, 4) is 0 Å². The number of carbonyl (C=O) groups excluding carboxylic acids is 2. The predicted octanol–water partition coefficient (Wildman–Crippen LogP) is 22.4. The lowest BCUT2D eigenvalue weighted by molar-refractivity contribution is -0.870. The zero-order chi connectivity index (χ0) is 62.8. The number of hydrogen-bond donors (Lipinski definition) is 1. The van der Waals surface area contributed by atoms with E-state index in [0.717, 1.165) is 116 Å². The third-order valence-electron chi connectivity index (χ3n) is 15.7. The van der Waals surface area contributed by atoms with Crippen molar-refractivity contribution in [2.45, 2.75) is 335 Å². The van der Waals surface area contributed by atoms with Crippen LogP contribution in [-0.2, 0) is 27.9 Å². The fraction of sp³-hybridized carbons (Fsp3) is 0.763. The van der Waals surface area contributed by atoms with E-state index >= 15 is 0 Å². The summed E-state index contributed by atoms with van der Waals surface area (Å²) in [6.45, 7) is 6.80. The summed E-state index contributed by atoms with van der Waals surface area (Å²) in [7, 11) is 1.17. The highest BCUT2D eigenvalue weighted by Gasteiger charge is 2.27. The molecule has 3 atom stereocenters. The molecule has 0 spiro atoms. The van der Waals surface area contributed by atoms with Gasteiger partial charge >= 0.3 is 5.97 Å². The van der Waals surface area contributed by atoms with Gasteiger partial charge in [0.2, 0.25) is 5.91 Å². The summed E-state index contributed by atoms with van der Waals surface area (Å²) < 4.78 is 30.5. The van der Waals surface area contributed by atoms with Crippen LogP contribution in [0.4, 0.5) is 0 Å². The van der Waals surface area contributed by atoms with Crippen molar-refractivity contribution in [3.05, 3.63) is 97.2 Å². The van der Waals surface area contributed by atoms with E-state index in [-0.39, 0.29) is 24.9 Å². The molecule has 0 aliphatic heterocycles. The van der Waals surface area contributed by atoms with E-state index in [0.29, 0.717) is 17.4 Å². The van der Waals surface area contributed by atoms with Crippen LogP contribution >= 0.6 is 7.82 Å². The summed E-state index contributed by atoms with van der Waals surface area (Å²) in [4.78, 5) is 40.2.